The number of carbonyl (C=O) groups excluding carboxylic acids is 1. The van der Waals surface area contributed by atoms with Gasteiger partial charge in [0.05, 0.1) is 18.8 Å². The Hall–Kier alpha value is -1.64. The van der Waals surface area contributed by atoms with Gasteiger partial charge in [0.2, 0.25) is 5.91 Å². The number of nitrogens with one attached hydrogen (secondary N) is 1. The normalized spacial score (nSPS) is 29.2. The molecule has 1 aromatic rings. The lowest BCUT2D eigenvalue weighted by Crippen LogP contribution is -2.62. The van der Waals surface area contributed by atoms with E-state index in [-0.39, 0.29) is 18.5 Å². The second-order valence-corrected chi connectivity index (χ2v) is 7.76. The number of benzene rings is 1. The highest BCUT2D eigenvalue weighted by atomic mass is 19.4. The van der Waals surface area contributed by atoms with Crippen molar-refractivity contribution in [3.63, 3.8) is 0 Å². The molecule has 3 N–H and O–H groups in total. The van der Waals surface area contributed by atoms with E-state index in [9.17, 15) is 28.2 Å². The Balaban J connectivity index is 1.80. The van der Waals surface area contributed by atoms with Gasteiger partial charge in [-0.2, -0.15) is 13.2 Å². The molecule has 5 nitrogen and oxygen atoms in total. The number of fused-ring (bicyclic) bond motifs is 1. The van der Waals surface area contributed by atoms with Crippen LogP contribution in [0.2, 0.25) is 0 Å². The quantitative estimate of drug-likeness (QED) is 0.709. The number of amides is 1. The van der Waals surface area contributed by atoms with E-state index < -0.39 is 36.9 Å². The highest BCUT2D eigenvalue weighted by Gasteiger charge is 2.51. The smallest absolute Gasteiger partial charge is 0.394 e. The minimum Gasteiger partial charge on any atom is -0.394 e. The van der Waals surface area contributed by atoms with Crippen LogP contribution in [0.1, 0.15) is 37.7 Å². The summed E-state index contributed by atoms with van der Waals surface area (Å²) in [6.45, 7) is -1.79. The molecule has 1 amide bonds. The lowest BCUT2D eigenvalue weighted by molar-refractivity contribution is -0.159. The molecule has 3 rings (SSSR count). The number of piperidine rings is 1. The highest BCUT2D eigenvalue weighted by molar-refractivity contribution is 5.82. The minimum atomic E-state index is -4.46. The molecule has 0 spiro atoms. The minimum absolute atomic E-state index is 0.177. The topological polar surface area (TPSA) is 72.8 Å². The lowest BCUT2D eigenvalue weighted by atomic mass is 9.66. The predicted octanol–water partition coefficient (Wildman–Crippen LogP) is 2.18. The molecule has 2 fully saturated rings. The second-order valence-electron chi connectivity index (χ2n) is 7.76. The molecular weight excluding hydrogens is 373 g/mol. The first kappa shape index (κ1) is 21.1. The maximum atomic E-state index is 12.9. The Morgan fingerprint density at radius 3 is 2.57 bits per heavy atom. The molecule has 156 valence electrons. The van der Waals surface area contributed by atoms with Gasteiger partial charge in [-0.1, -0.05) is 43.2 Å². The fraction of sp³-hybridized carbons (Fsp3) is 0.650. The van der Waals surface area contributed by atoms with E-state index in [0.717, 1.165) is 24.8 Å². The Morgan fingerprint density at radius 1 is 1.25 bits per heavy atom. The molecule has 0 radical (unpaired) electrons. The first-order valence-electron chi connectivity index (χ1n) is 9.75. The third-order valence-electron chi connectivity index (χ3n) is 6.06. The van der Waals surface area contributed by atoms with Gasteiger partial charge in [0.15, 0.2) is 0 Å². The van der Waals surface area contributed by atoms with Crippen molar-refractivity contribution in [2.45, 2.75) is 56.0 Å². The van der Waals surface area contributed by atoms with Gasteiger partial charge in [0.25, 0.3) is 0 Å². The van der Waals surface area contributed by atoms with Crippen LogP contribution in [0.15, 0.2) is 30.3 Å². The van der Waals surface area contributed by atoms with Gasteiger partial charge >= 0.3 is 6.18 Å². The van der Waals surface area contributed by atoms with Crippen molar-refractivity contribution >= 4 is 5.91 Å². The fourth-order valence-corrected chi connectivity index (χ4v) is 4.71. The average molecular weight is 400 g/mol. The van der Waals surface area contributed by atoms with Gasteiger partial charge in [-0.05, 0) is 24.8 Å². The van der Waals surface area contributed by atoms with Gasteiger partial charge in [-0.3, -0.25) is 10.1 Å². The highest BCUT2D eigenvalue weighted by Crippen LogP contribution is 2.47. The van der Waals surface area contributed by atoms with Gasteiger partial charge in [-0.25, -0.2) is 0 Å². The van der Waals surface area contributed by atoms with Crippen LogP contribution in [-0.4, -0.2) is 59.0 Å². The molecule has 4 atom stereocenters. The van der Waals surface area contributed by atoms with Crippen LogP contribution < -0.4 is 5.32 Å². The van der Waals surface area contributed by atoms with Crippen LogP contribution >= 0.6 is 0 Å². The number of alkyl halides is 3. The molecule has 2 aliphatic rings. The van der Waals surface area contributed by atoms with Gasteiger partial charge in [0.1, 0.15) is 6.04 Å². The van der Waals surface area contributed by atoms with Crippen molar-refractivity contribution in [2.75, 3.05) is 19.7 Å². The van der Waals surface area contributed by atoms with E-state index in [1.807, 2.05) is 30.3 Å². The molecule has 0 aromatic heterocycles. The number of hydrogen-bond donors (Lipinski definition) is 3. The maximum Gasteiger partial charge on any atom is 0.401 e. The van der Waals surface area contributed by atoms with Gasteiger partial charge < -0.3 is 15.1 Å². The molecule has 8 heteroatoms. The molecule has 28 heavy (non-hydrogen) atoms. The maximum absolute atomic E-state index is 12.9. The SMILES string of the molecule is O=C([C@H](CO)NCC(F)(F)F)N1CC[C@@](O)(c2ccccc2)[C@@H]2CCCCC21. The Kier molecular flexibility index (Phi) is 6.31. The molecule has 1 saturated heterocycles. The summed E-state index contributed by atoms with van der Waals surface area (Å²) in [6, 6.07) is 7.82. The number of nitrogens with zero attached hydrogens (tertiary/aromatic N) is 1. The molecule has 1 aliphatic carbocycles. The zero-order valence-corrected chi connectivity index (χ0v) is 15.7. The summed E-state index contributed by atoms with van der Waals surface area (Å²) in [5, 5.41) is 23.1. The number of aliphatic hydroxyl groups excluding tert-OH is 1. The fourth-order valence-electron chi connectivity index (χ4n) is 4.71. The molecule has 1 heterocycles. The molecule has 1 unspecified atom stereocenters. The molecule has 1 aromatic carbocycles. The van der Waals surface area contributed by atoms with Crippen LogP contribution in [0.5, 0.6) is 0 Å². The number of halogens is 3. The summed E-state index contributed by atoms with van der Waals surface area (Å²) < 4.78 is 37.5. The Labute approximate surface area is 162 Å². The second kappa shape index (κ2) is 8.39. The Bertz CT molecular complexity index is 670. The van der Waals surface area contributed by atoms with Crippen molar-refractivity contribution < 1.29 is 28.2 Å². The molecule has 1 saturated carbocycles. The van der Waals surface area contributed by atoms with E-state index in [1.165, 1.54) is 0 Å². The monoisotopic (exact) mass is 400 g/mol. The van der Waals surface area contributed by atoms with Crippen molar-refractivity contribution in [3.05, 3.63) is 35.9 Å². The number of likely N-dealkylation sites (tertiary alicyclic amines) is 1. The zero-order chi connectivity index (χ0) is 20.4. The first-order valence-corrected chi connectivity index (χ1v) is 9.75. The zero-order valence-electron chi connectivity index (χ0n) is 15.7. The molecular formula is C20H27F3N2O3. The summed E-state index contributed by atoms with van der Waals surface area (Å²) in [5.74, 6) is -0.706. The lowest BCUT2D eigenvalue weighted by Gasteiger charge is -2.53. The summed E-state index contributed by atoms with van der Waals surface area (Å²) in [6.07, 6.45) is -0.857. The van der Waals surface area contributed by atoms with Crippen molar-refractivity contribution in [1.82, 2.24) is 10.2 Å². The van der Waals surface area contributed by atoms with Crippen LogP contribution in [0.3, 0.4) is 0 Å². The molecule has 0 bridgehead atoms. The van der Waals surface area contributed by atoms with Gasteiger partial charge in [-0.15, -0.1) is 0 Å². The van der Waals surface area contributed by atoms with E-state index >= 15 is 0 Å². The molecule has 1 aliphatic heterocycles. The average Bonchev–Trinajstić information content (AvgIpc) is 2.68. The van der Waals surface area contributed by atoms with Gasteiger partial charge in [0, 0.05) is 18.5 Å². The number of carbonyl (C=O) groups is 1. The summed E-state index contributed by atoms with van der Waals surface area (Å²) in [4.78, 5) is 14.5. The summed E-state index contributed by atoms with van der Waals surface area (Å²) >= 11 is 0. The van der Waals surface area contributed by atoms with Crippen LogP contribution in [-0.2, 0) is 10.4 Å². The van der Waals surface area contributed by atoms with E-state index in [1.54, 1.807) is 4.90 Å². The van der Waals surface area contributed by atoms with Crippen LogP contribution in [0.25, 0.3) is 0 Å². The van der Waals surface area contributed by atoms with Crippen molar-refractivity contribution in [3.8, 4) is 0 Å². The van der Waals surface area contributed by atoms with E-state index in [4.69, 9.17) is 0 Å². The van der Waals surface area contributed by atoms with Crippen molar-refractivity contribution in [2.24, 2.45) is 5.92 Å². The summed E-state index contributed by atoms with van der Waals surface area (Å²) in [7, 11) is 0. The predicted molar refractivity (Wildman–Crippen MR) is 97.3 cm³/mol. The first-order chi connectivity index (χ1) is 13.3. The third kappa shape index (κ3) is 4.34. The van der Waals surface area contributed by atoms with Crippen molar-refractivity contribution in [1.29, 1.82) is 0 Å². The largest absolute Gasteiger partial charge is 0.401 e. The standard InChI is InChI=1S/C20H27F3N2O3/c21-20(22,23)13-24-16(12-26)18(27)25-11-10-19(28,14-6-2-1-3-7-14)15-8-4-5-9-17(15)25/h1-3,6-7,15-17,24,26,28H,4-5,8-13H2/t15-,16+,17?,19-/m1/s1. The number of rotatable bonds is 5. The summed E-state index contributed by atoms with van der Waals surface area (Å²) in [5.41, 5.74) is -0.245. The Morgan fingerprint density at radius 2 is 1.93 bits per heavy atom. The van der Waals surface area contributed by atoms with Crippen LogP contribution in [0, 0.1) is 5.92 Å². The number of hydrogen-bond acceptors (Lipinski definition) is 4. The van der Waals surface area contributed by atoms with E-state index in [0.29, 0.717) is 12.8 Å². The third-order valence-corrected chi connectivity index (χ3v) is 6.06. The van der Waals surface area contributed by atoms with E-state index in [2.05, 4.69) is 5.32 Å². The number of aliphatic hydroxyl groups is 2. The van der Waals surface area contributed by atoms with Crippen LogP contribution in [0.4, 0.5) is 13.2 Å².